The highest BCUT2D eigenvalue weighted by Gasteiger charge is 2.36. The van der Waals surface area contributed by atoms with E-state index in [4.69, 9.17) is 5.21 Å². The van der Waals surface area contributed by atoms with Gasteiger partial charge in [0, 0.05) is 6.54 Å². The maximum absolute atomic E-state index is 12.8. The van der Waals surface area contributed by atoms with E-state index in [1.54, 1.807) is 5.48 Å². The minimum absolute atomic E-state index is 0.333. The second-order valence-corrected chi connectivity index (χ2v) is 2.61. The normalized spacial score (nSPS) is 11.8. The van der Waals surface area contributed by atoms with Gasteiger partial charge in [0.2, 0.25) is 0 Å². The van der Waals surface area contributed by atoms with Gasteiger partial charge in [0.1, 0.15) is 5.82 Å². The van der Waals surface area contributed by atoms with Gasteiger partial charge in [-0.3, -0.25) is 0 Å². The van der Waals surface area contributed by atoms with Gasteiger partial charge < -0.3 is 5.21 Å². The molecule has 0 bridgehead atoms. The summed E-state index contributed by atoms with van der Waals surface area (Å²) in [4.78, 5) is 0. The highest BCUT2D eigenvalue weighted by atomic mass is 19.4. The first-order valence-corrected chi connectivity index (χ1v) is 3.68. The molecule has 0 atom stereocenters. The minimum Gasteiger partial charge on any atom is -0.316 e. The van der Waals surface area contributed by atoms with Crippen LogP contribution in [-0.4, -0.2) is 5.21 Å². The molecular formula is C8H7F4NO. The Morgan fingerprint density at radius 2 is 1.93 bits per heavy atom. The molecule has 0 aliphatic heterocycles. The van der Waals surface area contributed by atoms with Gasteiger partial charge in [0.25, 0.3) is 0 Å². The number of hydroxylamine groups is 1. The van der Waals surface area contributed by atoms with Crippen molar-refractivity contribution in [1.29, 1.82) is 0 Å². The molecule has 78 valence electrons. The summed E-state index contributed by atoms with van der Waals surface area (Å²) in [6.07, 6.45) is -4.75. The number of hydrogen-bond donors (Lipinski definition) is 2. The van der Waals surface area contributed by atoms with Crippen molar-refractivity contribution in [2.45, 2.75) is 12.7 Å². The number of halogens is 4. The van der Waals surface area contributed by atoms with E-state index < -0.39 is 24.1 Å². The largest absolute Gasteiger partial charge is 0.419 e. The van der Waals surface area contributed by atoms with Crippen LogP contribution in [0.25, 0.3) is 0 Å². The Labute approximate surface area is 77.1 Å². The molecule has 0 heterocycles. The number of alkyl halides is 3. The fourth-order valence-corrected chi connectivity index (χ4v) is 1.12. The minimum atomic E-state index is -4.75. The van der Waals surface area contributed by atoms with Gasteiger partial charge in [-0.25, -0.2) is 9.87 Å². The third kappa shape index (κ3) is 2.21. The van der Waals surface area contributed by atoms with E-state index in [1.807, 2.05) is 0 Å². The lowest BCUT2D eigenvalue weighted by atomic mass is 10.1. The van der Waals surface area contributed by atoms with Crippen molar-refractivity contribution in [1.82, 2.24) is 5.48 Å². The molecular weight excluding hydrogens is 202 g/mol. The van der Waals surface area contributed by atoms with Crippen LogP contribution in [-0.2, 0) is 12.7 Å². The topological polar surface area (TPSA) is 32.3 Å². The van der Waals surface area contributed by atoms with Crippen molar-refractivity contribution in [2.75, 3.05) is 0 Å². The molecule has 0 spiro atoms. The molecule has 14 heavy (non-hydrogen) atoms. The first-order valence-electron chi connectivity index (χ1n) is 3.68. The van der Waals surface area contributed by atoms with Crippen LogP contribution in [0.2, 0.25) is 0 Å². The predicted molar refractivity (Wildman–Crippen MR) is 40.0 cm³/mol. The summed E-state index contributed by atoms with van der Waals surface area (Å²) in [5, 5.41) is 8.26. The summed E-state index contributed by atoms with van der Waals surface area (Å²) >= 11 is 0. The average molecular weight is 209 g/mol. The summed E-state index contributed by atoms with van der Waals surface area (Å²) in [5.74, 6) is -1.34. The zero-order valence-corrected chi connectivity index (χ0v) is 6.90. The standard InChI is InChI=1S/C8H7F4NO/c9-6-3-1-2-5(4-13-14)7(6)8(10,11)12/h1-3,13-14H,4H2. The van der Waals surface area contributed by atoms with Crippen molar-refractivity contribution in [3.63, 3.8) is 0 Å². The van der Waals surface area contributed by atoms with Gasteiger partial charge in [-0.2, -0.15) is 13.2 Å². The number of nitrogens with one attached hydrogen (secondary N) is 1. The van der Waals surface area contributed by atoms with Crippen LogP contribution in [0.15, 0.2) is 18.2 Å². The fourth-order valence-electron chi connectivity index (χ4n) is 1.12. The van der Waals surface area contributed by atoms with Crippen LogP contribution in [0.4, 0.5) is 17.6 Å². The molecule has 0 fully saturated rings. The highest BCUT2D eigenvalue weighted by molar-refractivity contribution is 5.30. The molecule has 0 aromatic heterocycles. The molecule has 1 aromatic carbocycles. The van der Waals surface area contributed by atoms with Gasteiger partial charge in [-0.05, 0) is 11.6 Å². The van der Waals surface area contributed by atoms with Crippen LogP contribution in [0.3, 0.4) is 0 Å². The van der Waals surface area contributed by atoms with E-state index in [9.17, 15) is 17.6 Å². The predicted octanol–water partition coefficient (Wildman–Crippen LogP) is 2.32. The first kappa shape index (κ1) is 10.9. The van der Waals surface area contributed by atoms with Crippen LogP contribution < -0.4 is 5.48 Å². The molecule has 0 saturated carbocycles. The van der Waals surface area contributed by atoms with Crippen molar-refractivity contribution < 1.29 is 22.8 Å². The van der Waals surface area contributed by atoms with Crippen molar-refractivity contribution in [3.8, 4) is 0 Å². The summed E-state index contributed by atoms with van der Waals surface area (Å²) < 4.78 is 49.7. The molecule has 1 rings (SSSR count). The first-order chi connectivity index (χ1) is 6.46. The van der Waals surface area contributed by atoms with E-state index in [0.717, 1.165) is 18.2 Å². The number of hydrogen-bond acceptors (Lipinski definition) is 2. The molecule has 2 nitrogen and oxygen atoms in total. The van der Waals surface area contributed by atoms with Gasteiger partial charge >= 0.3 is 6.18 Å². The maximum atomic E-state index is 12.8. The second kappa shape index (κ2) is 3.93. The molecule has 0 radical (unpaired) electrons. The number of rotatable bonds is 2. The molecule has 0 unspecified atom stereocenters. The summed E-state index contributed by atoms with van der Waals surface area (Å²) in [6.45, 7) is -0.452. The average Bonchev–Trinajstić information content (AvgIpc) is 2.02. The van der Waals surface area contributed by atoms with Crippen LogP contribution in [0.1, 0.15) is 11.1 Å². The molecule has 1 aromatic rings. The van der Waals surface area contributed by atoms with E-state index >= 15 is 0 Å². The van der Waals surface area contributed by atoms with E-state index in [2.05, 4.69) is 0 Å². The monoisotopic (exact) mass is 209 g/mol. The van der Waals surface area contributed by atoms with E-state index in [-0.39, 0.29) is 5.56 Å². The summed E-state index contributed by atoms with van der Waals surface area (Å²) in [7, 11) is 0. The SMILES string of the molecule is ONCc1cccc(F)c1C(F)(F)F. The zero-order chi connectivity index (χ0) is 10.8. The molecule has 6 heteroatoms. The second-order valence-electron chi connectivity index (χ2n) is 2.61. The zero-order valence-electron chi connectivity index (χ0n) is 6.90. The number of benzene rings is 1. The van der Waals surface area contributed by atoms with Crippen LogP contribution >= 0.6 is 0 Å². The Hall–Kier alpha value is -1.14. The van der Waals surface area contributed by atoms with Crippen molar-refractivity contribution >= 4 is 0 Å². The van der Waals surface area contributed by atoms with Crippen molar-refractivity contribution in [3.05, 3.63) is 35.1 Å². The van der Waals surface area contributed by atoms with Gasteiger partial charge in [0.15, 0.2) is 0 Å². The van der Waals surface area contributed by atoms with Gasteiger partial charge in [0.05, 0.1) is 5.56 Å². The Morgan fingerprint density at radius 1 is 1.29 bits per heavy atom. The molecule has 0 saturated heterocycles. The molecule has 0 amide bonds. The van der Waals surface area contributed by atoms with Crippen LogP contribution in [0, 0.1) is 5.82 Å². The van der Waals surface area contributed by atoms with E-state index in [0.29, 0.717) is 0 Å². The van der Waals surface area contributed by atoms with E-state index in [1.165, 1.54) is 0 Å². The lowest BCUT2D eigenvalue weighted by Gasteiger charge is -2.12. The molecule has 2 N–H and O–H groups in total. The molecule has 0 aliphatic carbocycles. The van der Waals surface area contributed by atoms with Gasteiger partial charge in [-0.1, -0.05) is 12.1 Å². The Kier molecular flexibility index (Phi) is 3.07. The third-order valence-electron chi connectivity index (χ3n) is 1.65. The third-order valence-corrected chi connectivity index (χ3v) is 1.65. The fraction of sp³-hybridized carbons (Fsp3) is 0.250. The highest BCUT2D eigenvalue weighted by Crippen LogP contribution is 2.33. The summed E-state index contributed by atoms with van der Waals surface area (Å²) in [6, 6.07) is 2.97. The Bertz CT molecular complexity index is 324. The Balaban J connectivity index is 3.22. The van der Waals surface area contributed by atoms with Crippen LogP contribution in [0.5, 0.6) is 0 Å². The van der Waals surface area contributed by atoms with Gasteiger partial charge in [-0.15, -0.1) is 0 Å². The lowest BCUT2D eigenvalue weighted by Crippen LogP contribution is -2.16. The lowest BCUT2D eigenvalue weighted by molar-refractivity contribution is -0.140. The quantitative estimate of drug-likeness (QED) is 0.578. The maximum Gasteiger partial charge on any atom is 0.419 e. The smallest absolute Gasteiger partial charge is 0.316 e. The van der Waals surface area contributed by atoms with Crippen molar-refractivity contribution in [2.24, 2.45) is 0 Å². The molecule has 0 aliphatic rings. The summed E-state index contributed by atoms with van der Waals surface area (Å²) in [5.41, 5.74) is -0.122. The Morgan fingerprint density at radius 3 is 2.43 bits per heavy atom.